The molecule has 0 bridgehead atoms. The number of nitriles is 3. The van der Waals surface area contributed by atoms with Gasteiger partial charge in [0.2, 0.25) is 0 Å². The van der Waals surface area contributed by atoms with Crippen molar-refractivity contribution in [3.8, 4) is 18.2 Å². The smallest absolute Gasteiger partial charge is 0.198 e. The van der Waals surface area contributed by atoms with Crippen LogP contribution in [0, 0.1) is 34.0 Å². The van der Waals surface area contributed by atoms with Crippen LogP contribution in [0.2, 0.25) is 0 Å². The second-order valence-electron chi connectivity index (χ2n) is 4.41. The second kappa shape index (κ2) is 6.17. The minimum Gasteiger partial charge on any atom is -0.198 e. The molecule has 1 rings (SSSR count). The van der Waals surface area contributed by atoms with Gasteiger partial charge in [-0.2, -0.15) is 55.3 Å². The lowest BCUT2D eigenvalue weighted by Gasteiger charge is -2.24. The van der Waals surface area contributed by atoms with Crippen LogP contribution in [0.4, 0.5) is 39.5 Å². The number of benzene rings is 1. The van der Waals surface area contributed by atoms with Crippen LogP contribution in [0.25, 0.3) is 0 Å². The van der Waals surface area contributed by atoms with Gasteiger partial charge in [0.05, 0.1) is 40.3 Å². The highest BCUT2D eigenvalue weighted by atomic mass is 19.4. The predicted molar refractivity (Wildman–Crippen MR) is 60.2 cm³/mol. The molecule has 0 N–H and O–H groups in total. The fraction of sp³-hybridized carbons (Fsp3) is 0.308. The van der Waals surface area contributed by atoms with Gasteiger partial charge in [0.25, 0.3) is 0 Å². The van der Waals surface area contributed by atoms with Gasteiger partial charge in [0.1, 0.15) is 12.1 Å². The number of nitrogens with zero attached hydrogens (tertiary/aromatic N) is 3. The Morgan fingerprint density at radius 1 is 0.600 bits per heavy atom. The molecule has 25 heavy (non-hydrogen) atoms. The van der Waals surface area contributed by atoms with E-state index in [4.69, 9.17) is 15.8 Å². The summed E-state index contributed by atoms with van der Waals surface area (Å²) in [4.78, 5) is 0. The van der Waals surface area contributed by atoms with E-state index in [0.29, 0.717) is 12.1 Å². The second-order valence-corrected chi connectivity index (χ2v) is 4.41. The van der Waals surface area contributed by atoms with Crippen molar-refractivity contribution in [2.24, 2.45) is 0 Å². The average molecular weight is 371 g/mol. The summed E-state index contributed by atoms with van der Waals surface area (Å²) in [5.41, 5.74) is -14.0. The third-order valence-electron chi connectivity index (χ3n) is 2.93. The van der Waals surface area contributed by atoms with Crippen molar-refractivity contribution in [2.45, 2.75) is 24.9 Å². The van der Waals surface area contributed by atoms with Crippen LogP contribution in [-0.2, 0) is 24.9 Å². The van der Waals surface area contributed by atoms with Gasteiger partial charge in [0, 0.05) is 0 Å². The molecule has 1 aromatic carbocycles. The van der Waals surface area contributed by atoms with E-state index >= 15 is 0 Å². The van der Waals surface area contributed by atoms with E-state index in [9.17, 15) is 39.5 Å². The summed E-state index contributed by atoms with van der Waals surface area (Å²) in [6.07, 6.45) is -19.3. The zero-order valence-corrected chi connectivity index (χ0v) is 11.5. The highest BCUT2D eigenvalue weighted by molar-refractivity contribution is 5.64. The summed E-state index contributed by atoms with van der Waals surface area (Å²) < 4.78 is 118. The standard InChI is InChI=1S/C13H2F9N3/c14-11(15,16)8-5(1-2-23)9(12(17,18)19)10(13(20,21)22)7(4-25)6(8)3-24/h1H2. The van der Waals surface area contributed by atoms with E-state index in [1.54, 1.807) is 0 Å². The van der Waals surface area contributed by atoms with Gasteiger partial charge in [-0.15, -0.1) is 0 Å². The van der Waals surface area contributed by atoms with Crippen LogP contribution >= 0.6 is 0 Å². The van der Waals surface area contributed by atoms with Crippen molar-refractivity contribution in [3.05, 3.63) is 33.4 Å². The zero-order chi connectivity index (χ0) is 19.8. The molecular formula is C13H2F9N3. The van der Waals surface area contributed by atoms with E-state index in [2.05, 4.69) is 0 Å². The maximum absolute atomic E-state index is 13.1. The minimum absolute atomic E-state index is 0.591. The van der Waals surface area contributed by atoms with E-state index in [-0.39, 0.29) is 0 Å². The Morgan fingerprint density at radius 2 is 0.960 bits per heavy atom. The molecule has 0 saturated carbocycles. The lowest BCUT2D eigenvalue weighted by molar-refractivity contribution is -0.164. The number of hydrogen-bond acceptors (Lipinski definition) is 3. The van der Waals surface area contributed by atoms with Gasteiger partial charge < -0.3 is 0 Å². The molecule has 1 aromatic rings. The summed E-state index contributed by atoms with van der Waals surface area (Å²) in [6.45, 7) is 0. The molecule has 132 valence electrons. The maximum atomic E-state index is 13.1. The van der Waals surface area contributed by atoms with Gasteiger partial charge >= 0.3 is 18.5 Å². The highest BCUT2D eigenvalue weighted by Gasteiger charge is 2.52. The Kier molecular flexibility index (Phi) is 4.96. The van der Waals surface area contributed by atoms with Gasteiger partial charge in [-0.1, -0.05) is 0 Å². The monoisotopic (exact) mass is 371 g/mol. The van der Waals surface area contributed by atoms with Gasteiger partial charge in [-0.3, -0.25) is 0 Å². The Morgan fingerprint density at radius 3 is 1.24 bits per heavy atom. The van der Waals surface area contributed by atoms with E-state index < -0.39 is 58.3 Å². The lowest BCUT2D eigenvalue weighted by atomic mass is 9.85. The zero-order valence-electron chi connectivity index (χ0n) is 11.5. The Hall–Kier alpha value is -2.94. The number of hydrogen-bond donors (Lipinski definition) is 0. The first-order chi connectivity index (χ1) is 11.2. The first-order valence-corrected chi connectivity index (χ1v) is 5.83. The quantitative estimate of drug-likeness (QED) is 0.680. The third-order valence-corrected chi connectivity index (χ3v) is 2.93. The summed E-state index contributed by atoms with van der Waals surface area (Å²) in [7, 11) is 0. The molecule has 3 nitrogen and oxygen atoms in total. The third kappa shape index (κ3) is 3.61. The Balaban J connectivity index is 4.44. The average Bonchev–Trinajstić information content (AvgIpc) is 2.42. The van der Waals surface area contributed by atoms with Gasteiger partial charge in [-0.25, -0.2) is 0 Å². The summed E-state index contributed by atoms with van der Waals surface area (Å²) in [5, 5.41) is 25.9. The minimum atomic E-state index is -5.96. The molecule has 0 fully saturated rings. The Labute approximate surface area is 133 Å². The van der Waals surface area contributed by atoms with E-state index in [1.165, 1.54) is 0 Å². The summed E-state index contributed by atoms with van der Waals surface area (Å²) in [6, 6.07) is 2.20. The van der Waals surface area contributed by atoms with Gasteiger partial charge in [0.15, 0.2) is 0 Å². The normalized spacial score (nSPS) is 12.2. The van der Waals surface area contributed by atoms with Crippen molar-refractivity contribution in [2.75, 3.05) is 0 Å². The molecule has 0 spiro atoms. The molecule has 0 aliphatic rings. The molecule has 0 saturated heterocycles. The fourth-order valence-electron chi connectivity index (χ4n) is 2.19. The summed E-state index contributed by atoms with van der Waals surface area (Å²) >= 11 is 0. The molecule has 0 aliphatic carbocycles. The largest absolute Gasteiger partial charge is 0.418 e. The first-order valence-electron chi connectivity index (χ1n) is 5.83. The van der Waals surface area contributed by atoms with Crippen LogP contribution in [0.5, 0.6) is 0 Å². The molecular weight excluding hydrogens is 369 g/mol. The maximum Gasteiger partial charge on any atom is 0.418 e. The predicted octanol–water partition coefficient (Wildman–Crippen LogP) is 4.55. The van der Waals surface area contributed by atoms with Crippen LogP contribution in [0.3, 0.4) is 0 Å². The first kappa shape index (κ1) is 20.1. The molecule has 0 radical (unpaired) electrons. The van der Waals surface area contributed by atoms with Crippen molar-refractivity contribution >= 4 is 0 Å². The highest BCUT2D eigenvalue weighted by Crippen LogP contribution is 2.49. The van der Waals surface area contributed by atoms with Crippen molar-refractivity contribution in [1.29, 1.82) is 15.8 Å². The van der Waals surface area contributed by atoms with Gasteiger partial charge in [-0.05, 0) is 5.56 Å². The van der Waals surface area contributed by atoms with Crippen LogP contribution in [0.15, 0.2) is 0 Å². The molecule has 0 aliphatic heterocycles. The summed E-state index contributed by atoms with van der Waals surface area (Å²) in [5.74, 6) is 0. The van der Waals surface area contributed by atoms with Crippen LogP contribution < -0.4 is 0 Å². The van der Waals surface area contributed by atoms with E-state index in [0.717, 1.165) is 6.07 Å². The van der Waals surface area contributed by atoms with Crippen LogP contribution in [-0.4, -0.2) is 0 Å². The molecule has 0 unspecified atom stereocenters. The fourth-order valence-corrected chi connectivity index (χ4v) is 2.19. The van der Waals surface area contributed by atoms with Crippen molar-refractivity contribution in [3.63, 3.8) is 0 Å². The SMILES string of the molecule is N#CCc1c(C(F)(F)F)c(C#N)c(C#N)c(C(F)(F)F)c1C(F)(F)F. The topological polar surface area (TPSA) is 71.4 Å². The van der Waals surface area contributed by atoms with Crippen LogP contribution in [0.1, 0.15) is 33.4 Å². The number of rotatable bonds is 1. The van der Waals surface area contributed by atoms with Crippen molar-refractivity contribution in [1.82, 2.24) is 0 Å². The Bertz CT molecular complexity index is 824. The van der Waals surface area contributed by atoms with E-state index in [1.807, 2.05) is 0 Å². The molecule has 12 heteroatoms. The molecule has 0 heterocycles. The number of alkyl halides is 9. The molecule has 0 amide bonds. The lowest BCUT2D eigenvalue weighted by Crippen LogP contribution is -2.26. The molecule has 0 atom stereocenters. The molecule has 0 aromatic heterocycles. The number of halogens is 9. The van der Waals surface area contributed by atoms with Crippen molar-refractivity contribution < 1.29 is 39.5 Å².